The summed E-state index contributed by atoms with van der Waals surface area (Å²) in [5, 5.41) is 12.4. The van der Waals surface area contributed by atoms with Crippen molar-refractivity contribution in [1.29, 1.82) is 0 Å². The molecule has 1 fully saturated rings. The lowest BCUT2D eigenvalue weighted by Gasteiger charge is -2.35. The van der Waals surface area contributed by atoms with E-state index in [0.29, 0.717) is 11.3 Å². The molecule has 2 N–H and O–H groups in total. The lowest BCUT2D eigenvalue weighted by Crippen LogP contribution is -2.46. The molecule has 0 saturated carbocycles. The Kier molecular flexibility index (Phi) is 6.72. The second kappa shape index (κ2) is 9.43. The summed E-state index contributed by atoms with van der Waals surface area (Å²) < 4.78 is 5.02. The first-order valence-electron chi connectivity index (χ1n) is 9.80. The number of ether oxygens (including phenoxy) is 1. The number of phenols is 1. The second-order valence-electron chi connectivity index (χ2n) is 7.09. The molecule has 3 rings (SSSR count). The lowest BCUT2D eigenvalue weighted by molar-refractivity contribution is -0.119. The summed E-state index contributed by atoms with van der Waals surface area (Å²) in [7, 11) is 0. The number of esters is 1. The fourth-order valence-electron chi connectivity index (χ4n) is 3.23. The molecule has 1 amide bonds. The van der Waals surface area contributed by atoms with Gasteiger partial charge in [-0.2, -0.15) is 0 Å². The molecule has 0 bridgehead atoms. The van der Waals surface area contributed by atoms with Crippen molar-refractivity contribution in [2.24, 2.45) is 0 Å². The van der Waals surface area contributed by atoms with E-state index in [1.165, 1.54) is 6.07 Å². The number of hydrogen-bond donors (Lipinski definition) is 2. The van der Waals surface area contributed by atoms with E-state index in [0.717, 1.165) is 38.4 Å². The minimum Gasteiger partial charge on any atom is -0.508 e. The van der Waals surface area contributed by atoms with Crippen LogP contribution < -0.4 is 10.2 Å². The van der Waals surface area contributed by atoms with Crippen LogP contribution in [0.15, 0.2) is 42.5 Å². The molecule has 1 heterocycles. The number of amides is 1. The van der Waals surface area contributed by atoms with Gasteiger partial charge in [0.1, 0.15) is 5.75 Å². The molecule has 1 saturated heterocycles. The number of nitrogens with zero attached hydrogens (tertiary/aromatic N) is 2. The Morgan fingerprint density at radius 2 is 1.76 bits per heavy atom. The van der Waals surface area contributed by atoms with Crippen LogP contribution in [0.5, 0.6) is 5.75 Å². The van der Waals surface area contributed by atoms with Crippen molar-refractivity contribution in [2.75, 3.05) is 49.5 Å². The summed E-state index contributed by atoms with van der Waals surface area (Å²) in [5.74, 6) is -1.06. The van der Waals surface area contributed by atoms with Gasteiger partial charge in [0, 0.05) is 37.6 Å². The maximum Gasteiger partial charge on any atom is 0.338 e. The fourth-order valence-corrected chi connectivity index (χ4v) is 3.23. The van der Waals surface area contributed by atoms with Crippen molar-refractivity contribution in [3.63, 3.8) is 0 Å². The average molecular weight is 397 g/mol. The SMILES string of the molecule is CCN1CCN(c2ccc(NC(=O)COC(=O)c3ccc(C)c(O)c3)cc2)CC1. The maximum atomic E-state index is 12.1. The molecule has 0 radical (unpaired) electrons. The predicted octanol–water partition coefficient (Wildman–Crippen LogP) is 2.64. The number of phenolic OH excluding ortho intramolecular Hbond substituents is 1. The van der Waals surface area contributed by atoms with Crippen molar-refractivity contribution < 1.29 is 19.4 Å². The maximum absolute atomic E-state index is 12.1. The topological polar surface area (TPSA) is 82.1 Å². The molecule has 0 atom stereocenters. The van der Waals surface area contributed by atoms with E-state index in [1.807, 2.05) is 24.3 Å². The summed E-state index contributed by atoms with van der Waals surface area (Å²) >= 11 is 0. The zero-order chi connectivity index (χ0) is 20.8. The Bertz CT molecular complexity index is 859. The van der Waals surface area contributed by atoms with Gasteiger partial charge in [-0.1, -0.05) is 13.0 Å². The molecule has 0 spiro atoms. The number of carbonyl (C=O) groups is 2. The Labute approximate surface area is 170 Å². The van der Waals surface area contributed by atoms with Crippen LogP contribution in [0.3, 0.4) is 0 Å². The summed E-state index contributed by atoms with van der Waals surface area (Å²) in [6.07, 6.45) is 0. The molecular formula is C22H27N3O4. The molecular weight excluding hydrogens is 370 g/mol. The highest BCUT2D eigenvalue weighted by Gasteiger charge is 2.16. The number of piperazine rings is 1. The second-order valence-corrected chi connectivity index (χ2v) is 7.09. The van der Waals surface area contributed by atoms with Crippen LogP contribution in [0.4, 0.5) is 11.4 Å². The summed E-state index contributed by atoms with van der Waals surface area (Å²) in [5.41, 5.74) is 2.64. The predicted molar refractivity (Wildman–Crippen MR) is 113 cm³/mol. The number of anilines is 2. The standard InChI is InChI=1S/C22H27N3O4/c1-3-24-10-12-25(13-11-24)19-8-6-18(7-9-19)23-21(27)15-29-22(28)17-5-4-16(2)20(26)14-17/h4-9,14,26H,3,10-13,15H2,1-2H3,(H,23,27). The molecule has 0 aliphatic carbocycles. The van der Waals surface area contributed by atoms with E-state index < -0.39 is 18.5 Å². The fraction of sp³-hybridized carbons (Fsp3) is 0.364. The highest BCUT2D eigenvalue weighted by atomic mass is 16.5. The van der Waals surface area contributed by atoms with Gasteiger partial charge in [0.2, 0.25) is 0 Å². The number of likely N-dealkylation sites (N-methyl/N-ethyl adjacent to an activating group) is 1. The first-order chi connectivity index (χ1) is 14.0. The molecule has 29 heavy (non-hydrogen) atoms. The van der Waals surface area contributed by atoms with Crippen LogP contribution in [-0.4, -0.2) is 61.2 Å². The zero-order valence-electron chi connectivity index (χ0n) is 16.9. The summed E-state index contributed by atoms with van der Waals surface area (Å²) in [6, 6.07) is 12.2. The first kappa shape index (κ1) is 20.7. The largest absolute Gasteiger partial charge is 0.508 e. The van der Waals surface area contributed by atoms with Gasteiger partial charge in [-0.25, -0.2) is 4.79 Å². The van der Waals surface area contributed by atoms with Gasteiger partial charge in [0.25, 0.3) is 5.91 Å². The smallest absolute Gasteiger partial charge is 0.338 e. The van der Waals surface area contributed by atoms with Crippen molar-refractivity contribution in [2.45, 2.75) is 13.8 Å². The molecule has 1 aliphatic heterocycles. The number of rotatable bonds is 6. The first-order valence-corrected chi connectivity index (χ1v) is 9.80. The number of benzene rings is 2. The zero-order valence-corrected chi connectivity index (χ0v) is 16.9. The Hall–Kier alpha value is -3.06. The average Bonchev–Trinajstić information content (AvgIpc) is 2.74. The molecule has 7 heteroatoms. The Balaban J connectivity index is 1.48. The number of hydrogen-bond acceptors (Lipinski definition) is 6. The number of aryl methyl sites for hydroxylation is 1. The van der Waals surface area contributed by atoms with E-state index >= 15 is 0 Å². The van der Waals surface area contributed by atoms with E-state index in [2.05, 4.69) is 22.0 Å². The van der Waals surface area contributed by atoms with Crippen LogP contribution in [0.25, 0.3) is 0 Å². The van der Waals surface area contributed by atoms with Crippen molar-refractivity contribution in [3.8, 4) is 5.75 Å². The van der Waals surface area contributed by atoms with E-state index in [-0.39, 0.29) is 11.3 Å². The van der Waals surface area contributed by atoms with Crippen molar-refractivity contribution in [3.05, 3.63) is 53.6 Å². The van der Waals surface area contributed by atoms with Gasteiger partial charge >= 0.3 is 5.97 Å². The lowest BCUT2D eigenvalue weighted by atomic mass is 10.1. The van der Waals surface area contributed by atoms with Crippen LogP contribution in [0.2, 0.25) is 0 Å². The van der Waals surface area contributed by atoms with Crippen LogP contribution >= 0.6 is 0 Å². The van der Waals surface area contributed by atoms with Gasteiger partial charge in [0.15, 0.2) is 6.61 Å². The number of aromatic hydroxyl groups is 1. The molecule has 2 aromatic carbocycles. The van der Waals surface area contributed by atoms with E-state index in [4.69, 9.17) is 4.74 Å². The third kappa shape index (κ3) is 5.48. The molecule has 0 unspecified atom stereocenters. The van der Waals surface area contributed by atoms with E-state index in [9.17, 15) is 14.7 Å². The van der Waals surface area contributed by atoms with Gasteiger partial charge in [-0.05, 0) is 55.4 Å². The molecule has 7 nitrogen and oxygen atoms in total. The third-order valence-corrected chi connectivity index (χ3v) is 5.11. The quantitative estimate of drug-likeness (QED) is 0.730. The third-order valence-electron chi connectivity index (χ3n) is 5.11. The van der Waals surface area contributed by atoms with Crippen LogP contribution in [-0.2, 0) is 9.53 Å². The van der Waals surface area contributed by atoms with Gasteiger partial charge < -0.3 is 25.0 Å². The highest BCUT2D eigenvalue weighted by molar-refractivity contribution is 5.95. The van der Waals surface area contributed by atoms with Gasteiger partial charge in [-0.3, -0.25) is 4.79 Å². The minimum absolute atomic E-state index is 0.0140. The highest BCUT2D eigenvalue weighted by Crippen LogP contribution is 2.20. The van der Waals surface area contributed by atoms with E-state index in [1.54, 1.807) is 19.1 Å². The van der Waals surface area contributed by atoms with Crippen molar-refractivity contribution >= 4 is 23.3 Å². The molecule has 2 aromatic rings. The molecule has 154 valence electrons. The summed E-state index contributed by atoms with van der Waals surface area (Å²) in [4.78, 5) is 28.8. The van der Waals surface area contributed by atoms with Gasteiger partial charge in [0.05, 0.1) is 5.56 Å². The Morgan fingerprint density at radius 3 is 2.38 bits per heavy atom. The monoisotopic (exact) mass is 397 g/mol. The molecule has 0 aromatic heterocycles. The van der Waals surface area contributed by atoms with Crippen molar-refractivity contribution in [1.82, 2.24) is 4.90 Å². The number of carbonyl (C=O) groups excluding carboxylic acids is 2. The summed E-state index contributed by atoms with van der Waals surface area (Å²) in [6.45, 7) is 8.68. The van der Waals surface area contributed by atoms with Gasteiger partial charge in [-0.15, -0.1) is 0 Å². The van der Waals surface area contributed by atoms with Crippen LogP contribution in [0.1, 0.15) is 22.8 Å². The number of nitrogens with one attached hydrogen (secondary N) is 1. The van der Waals surface area contributed by atoms with Crippen LogP contribution in [0, 0.1) is 6.92 Å². The Morgan fingerprint density at radius 1 is 1.07 bits per heavy atom. The minimum atomic E-state index is -0.656. The molecule has 1 aliphatic rings. The normalized spacial score (nSPS) is 14.5.